The lowest BCUT2D eigenvalue weighted by Crippen LogP contribution is -2.52. The number of nitrogens with zero attached hydrogens (tertiary/aromatic N) is 4. The maximum atomic E-state index is 13.5. The molecule has 0 saturated carbocycles. The first-order valence-corrected chi connectivity index (χ1v) is 10.5. The van der Waals surface area contributed by atoms with Gasteiger partial charge in [0.25, 0.3) is 17.2 Å². The molecule has 1 unspecified atom stereocenters. The highest BCUT2D eigenvalue weighted by Gasteiger charge is 2.35. The third-order valence-corrected chi connectivity index (χ3v) is 5.69. The number of non-ortho nitro benzene ring substituents is 1. The van der Waals surface area contributed by atoms with Crippen LogP contribution < -0.4 is 10.5 Å². The molecule has 33 heavy (non-hydrogen) atoms. The van der Waals surface area contributed by atoms with Crippen molar-refractivity contribution in [3.8, 4) is 0 Å². The summed E-state index contributed by atoms with van der Waals surface area (Å²) in [5.41, 5.74) is 0.539. The highest BCUT2D eigenvalue weighted by molar-refractivity contribution is 6.12. The lowest BCUT2D eigenvalue weighted by molar-refractivity contribution is -0.384. The van der Waals surface area contributed by atoms with E-state index < -0.39 is 28.2 Å². The number of ketones is 1. The minimum Gasteiger partial charge on any atom is -0.368 e. The molecular formula is C24H22N4O5. The Kier molecular flexibility index (Phi) is 6.30. The van der Waals surface area contributed by atoms with Crippen molar-refractivity contribution in [3.63, 3.8) is 0 Å². The van der Waals surface area contributed by atoms with E-state index in [1.807, 2.05) is 30.3 Å². The molecule has 2 heterocycles. The first-order valence-electron chi connectivity index (χ1n) is 10.5. The molecule has 9 nitrogen and oxygen atoms in total. The zero-order valence-corrected chi connectivity index (χ0v) is 17.7. The number of anilines is 1. The average molecular weight is 446 g/mol. The van der Waals surface area contributed by atoms with Gasteiger partial charge in [0.2, 0.25) is 0 Å². The third kappa shape index (κ3) is 4.67. The Morgan fingerprint density at radius 3 is 2.09 bits per heavy atom. The summed E-state index contributed by atoms with van der Waals surface area (Å²) in [6.45, 7) is 1.99. The second-order valence-corrected chi connectivity index (χ2v) is 7.66. The Labute approximate surface area is 189 Å². The summed E-state index contributed by atoms with van der Waals surface area (Å²) in [4.78, 5) is 53.5. The molecule has 0 radical (unpaired) electrons. The fraction of sp³-hybridized carbons (Fsp3) is 0.208. The summed E-state index contributed by atoms with van der Waals surface area (Å²) >= 11 is 0. The molecule has 1 saturated heterocycles. The summed E-state index contributed by atoms with van der Waals surface area (Å²) in [6.07, 6.45) is 1.41. The Bertz CT molecular complexity index is 1220. The lowest BCUT2D eigenvalue weighted by atomic mass is 10.0. The molecule has 1 aliphatic heterocycles. The maximum absolute atomic E-state index is 13.5. The monoisotopic (exact) mass is 446 g/mol. The highest BCUT2D eigenvalue weighted by atomic mass is 16.6. The average Bonchev–Trinajstić information content (AvgIpc) is 2.86. The molecule has 0 N–H and O–H groups in total. The molecule has 1 aliphatic rings. The molecule has 0 bridgehead atoms. The van der Waals surface area contributed by atoms with Gasteiger partial charge >= 0.3 is 0 Å². The van der Waals surface area contributed by atoms with Gasteiger partial charge in [0.1, 0.15) is 0 Å². The van der Waals surface area contributed by atoms with Gasteiger partial charge in [-0.15, -0.1) is 0 Å². The number of pyridine rings is 1. The van der Waals surface area contributed by atoms with Crippen molar-refractivity contribution in [2.24, 2.45) is 0 Å². The number of hydrogen-bond donors (Lipinski definition) is 0. The Morgan fingerprint density at radius 1 is 0.848 bits per heavy atom. The number of rotatable bonds is 6. The van der Waals surface area contributed by atoms with Crippen molar-refractivity contribution in [2.75, 3.05) is 31.1 Å². The van der Waals surface area contributed by atoms with Crippen molar-refractivity contribution in [2.45, 2.75) is 6.04 Å². The molecule has 0 spiro atoms. The normalized spacial score (nSPS) is 14.5. The lowest BCUT2D eigenvalue weighted by Gasteiger charge is -2.37. The fourth-order valence-electron chi connectivity index (χ4n) is 3.91. The number of piperazine rings is 1. The van der Waals surface area contributed by atoms with Crippen LogP contribution >= 0.6 is 0 Å². The number of benzene rings is 2. The van der Waals surface area contributed by atoms with Crippen LogP contribution in [0.4, 0.5) is 11.4 Å². The van der Waals surface area contributed by atoms with Crippen LogP contribution in [0.1, 0.15) is 16.4 Å². The fourth-order valence-corrected chi connectivity index (χ4v) is 3.91. The molecule has 2 aromatic carbocycles. The SMILES string of the molecule is O=C(c1ccc([N+](=O)[O-])cc1)C(C(=O)N1CCN(c2ccccc2)CC1)n1ccccc1=O. The van der Waals surface area contributed by atoms with Crippen LogP contribution in [0.5, 0.6) is 0 Å². The number of para-hydroxylation sites is 1. The summed E-state index contributed by atoms with van der Waals surface area (Å²) in [6, 6.07) is 17.9. The number of hydrogen-bond acceptors (Lipinski definition) is 6. The minimum atomic E-state index is -1.39. The quantitative estimate of drug-likeness (QED) is 0.249. The van der Waals surface area contributed by atoms with Gasteiger partial charge in [0, 0.05) is 61.8 Å². The van der Waals surface area contributed by atoms with Crippen LogP contribution in [0.25, 0.3) is 0 Å². The Hall–Kier alpha value is -4.27. The van der Waals surface area contributed by atoms with E-state index in [9.17, 15) is 24.5 Å². The molecular weight excluding hydrogens is 424 g/mol. The van der Waals surface area contributed by atoms with Gasteiger partial charge in [0.05, 0.1) is 4.92 Å². The number of nitro benzene ring substituents is 1. The summed E-state index contributed by atoms with van der Waals surface area (Å²) in [5, 5.41) is 10.9. The predicted molar refractivity (Wildman–Crippen MR) is 122 cm³/mol. The third-order valence-electron chi connectivity index (χ3n) is 5.69. The van der Waals surface area contributed by atoms with Crippen LogP contribution in [0, 0.1) is 10.1 Å². The molecule has 168 valence electrons. The standard InChI is InChI=1S/C24H22N4O5/c29-21-8-4-5-13-27(21)22(23(30)18-9-11-20(12-10-18)28(32)33)24(31)26-16-14-25(15-17-26)19-6-2-1-3-7-19/h1-13,22H,14-17H2. The summed E-state index contributed by atoms with van der Waals surface area (Å²) < 4.78 is 1.12. The van der Waals surface area contributed by atoms with Crippen molar-refractivity contribution in [1.29, 1.82) is 0 Å². The van der Waals surface area contributed by atoms with Crippen molar-refractivity contribution >= 4 is 23.1 Å². The molecule has 1 amide bonds. The van der Waals surface area contributed by atoms with E-state index in [-0.39, 0.29) is 11.3 Å². The maximum Gasteiger partial charge on any atom is 0.269 e. The molecule has 1 aromatic heterocycles. The van der Waals surface area contributed by atoms with Gasteiger partial charge in [-0.25, -0.2) is 0 Å². The van der Waals surface area contributed by atoms with Crippen molar-refractivity contribution < 1.29 is 14.5 Å². The van der Waals surface area contributed by atoms with Crippen molar-refractivity contribution in [3.05, 3.63) is 105 Å². The largest absolute Gasteiger partial charge is 0.368 e. The van der Waals surface area contributed by atoms with Gasteiger partial charge in [0.15, 0.2) is 11.8 Å². The molecule has 1 atom stereocenters. The van der Waals surface area contributed by atoms with Gasteiger partial charge in [-0.3, -0.25) is 29.1 Å². The van der Waals surface area contributed by atoms with Crippen LogP contribution in [-0.4, -0.2) is 52.3 Å². The van der Waals surface area contributed by atoms with Crippen LogP contribution in [0.2, 0.25) is 0 Å². The van der Waals surface area contributed by atoms with E-state index in [4.69, 9.17) is 0 Å². The zero-order valence-electron chi connectivity index (χ0n) is 17.7. The van der Waals surface area contributed by atoms with E-state index in [0.29, 0.717) is 26.2 Å². The molecule has 4 rings (SSSR count). The molecule has 3 aromatic rings. The first-order chi connectivity index (χ1) is 16.0. The van der Waals surface area contributed by atoms with E-state index in [0.717, 1.165) is 10.3 Å². The summed E-state index contributed by atoms with van der Waals surface area (Å²) in [5.74, 6) is -1.06. The number of Topliss-reactive ketones (excluding diaryl/α,β-unsaturated/α-hetero) is 1. The molecule has 9 heteroatoms. The second kappa shape index (κ2) is 9.47. The first kappa shape index (κ1) is 21.9. The summed E-state index contributed by atoms with van der Waals surface area (Å²) in [7, 11) is 0. The zero-order chi connectivity index (χ0) is 23.4. The number of aromatic nitrogens is 1. The van der Waals surface area contributed by atoms with Gasteiger partial charge in [-0.1, -0.05) is 24.3 Å². The number of carbonyl (C=O) groups excluding carboxylic acids is 2. The van der Waals surface area contributed by atoms with Crippen LogP contribution in [0.3, 0.4) is 0 Å². The number of carbonyl (C=O) groups is 2. The topological polar surface area (TPSA) is 106 Å². The van der Waals surface area contributed by atoms with Crippen molar-refractivity contribution in [1.82, 2.24) is 9.47 Å². The van der Waals surface area contributed by atoms with E-state index >= 15 is 0 Å². The Morgan fingerprint density at radius 2 is 1.48 bits per heavy atom. The Balaban J connectivity index is 1.59. The van der Waals surface area contributed by atoms with E-state index in [1.54, 1.807) is 11.0 Å². The van der Waals surface area contributed by atoms with Gasteiger partial charge in [-0.05, 0) is 30.3 Å². The van der Waals surface area contributed by atoms with E-state index in [2.05, 4.69) is 4.90 Å². The second-order valence-electron chi connectivity index (χ2n) is 7.66. The highest BCUT2D eigenvalue weighted by Crippen LogP contribution is 2.21. The molecule has 1 fully saturated rings. The predicted octanol–water partition coefficient (Wildman–Crippen LogP) is 2.53. The minimum absolute atomic E-state index is 0.123. The molecule has 0 aliphatic carbocycles. The van der Waals surface area contributed by atoms with Gasteiger partial charge < -0.3 is 9.80 Å². The van der Waals surface area contributed by atoms with E-state index in [1.165, 1.54) is 42.6 Å². The number of amides is 1. The van der Waals surface area contributed by atoms with Gasteiger partial charge in [-0.2, -0.15) is 0 Å². The van der Waals surface area contributed by atoms with Crippen LogP contribution in [0.15, 0.2) is 83.8 Å². The smallest absolute Gasteiger partial charge is 0.269 e. The number of nitro groups is 1. The van der Waals surface area contributed by atoms with Crippen LogP contribution in [-0.2, 0) is 4.79 Å².